The van der Waals surface area contributed by atoms with Gasteiger partial charge in [-0.3, -0.25) is 0 Å². The molecule has 2 aromatic carbocycles. The molecule has 0 bridgehead atoms. The molecular weight excluding hydrogens is 302 g/mol. The maximum atomic E-state index is 5.83. The molecule has 0 aromatic heterocycles. The average molecular weight is 318 g/mol. The predicted molar refractivity (Wildman–Crippen MR) is 80.4 cm³/mol. The van der Waals surface area contributed by atoms with E-state index < -0.39 is 0 Å². The van der Waals surface area contributed by atoms with Gasteiger partial charge in [0.25, 0.3) is 0 Å². The fourth-order valence-corrected chi connectivity index (χ4v) is 2.63. The highest BCUT2D eigenvalue weighted by Gasteiger charge is 2.17. The number of nitrogens with one attached hydrogen (secondary N) is 1. The van der Waals surface area contributed by atoms with Crippen LogP contribution in [0.4, 0.5) is 0 Å². The van der Waals surface area contributed by atoms with Gasteiger partial charge in [0, 0.05) is 17.1 Å². The van der Waals surface area contributed by atoms with Gasteiger partial charge in [-0.25, -0.2) is 0 Å². The van der Waals surface area contributed by atoms with Crippen molar-refractivity contribution in [1.82, 2.24) is 5.32 Å². The molecule has 0 spiro atoms. The minimum atomic E-state index is 0.388. The Morgan fingerprint density at radius 1 is 1.05 bits per heavy atom. The first-order chi connectivity index (χ1) is 9.31. The van der Waals surface area contributed by atoms with Crippen LogP contribution in [0, 0.1) is 0 Å². The van der Waals surface area contributed by atoms with E-state index >= 15 is 0 Å². The molecule has 1 aliphatic heterocycles. The first-order valence-corrected chi connectivity index (χ1v) is 7.29. The topological polar surface area (TPSA) is 21.3 Å². The van der Waals surface area contributed by atoms with E-state index in [1.54, 1.807) is 0 Å². The fraction of sp³-hybridized carbons (Fsp3) is 0.250. The van der Waals surface area contributed by atoms with Gasteiger partial charge in [-0.05, 0) is 41.8 Å². The van der Waals surface area contributed by atoms with Gasteiger partial charge in [0.15, 0.2) is 0 Å². The molecule has 2 nitrogen and oxygen atoms in total. The van der Waals surface area contributed by atoms with Crippen molar-refractivity contribution >= 4 is 15.9 Å². The van der Waals surface area contributed by atoms with E-state index in [1.807, 2.05) is 24.3 Å². The third-order valence-electron chi connectivity index (χ3n) is 3.43. The molecule has 1 atom stereocenters. The molecule has 3 heteroatoms. The number of halogens is 1. The second-order valence-corrected chi connectivity index (χ2v) is 5.73. The summed E-state index contributed by atoms with van der Waals surface area (Å²) in [5, 5.41) is 3.52. The zero-order chi connectivity index (χ0) is 13.1. The number of rotatable bonds is 3. The molecule has 1 N–H and O–H groups in total. The van der Waals surface area contributed by atoms with Gasteiger partial charge in [0.05, 0.1) is 0 Å². The Labute approximate surface area is 121 Å². The third kappa shape index (κ3) is 3.17. The van der Waals surface area contributed by atoms with Gasteiger partial charge in [-0.2, -0.15) is 0 Å². The molecule has 1 heterocycles. The maximum absolute atomic E-state index is 5.83. The predicted octanol–water partition coefficient (Wildman–Crippen LogP) is 3.54. The summed E-state index contributed by atoms with van der Waals surface area (Å²) in [6.45, 7) is 1.64. The summed E-state index contributed by atoms with van der Waals surface area (Å²) in [5.74, 6) is 0.920. The number of fused-ring (bicyclic) bond motifs is 1. The van der Waals surface area contributed by atoms with Crippen LogP contribution in [-0.4, -0.2) is 12.6 Å². The lowest BCUT2D eigenvalue weighted by Crippen LogP contribution is -2.39. The Balaban J connectivity index is 1.59. The molecule has 19 heavy (non-hydrogen) atoms. The van der Waals surface area contributed by atoms with Crippen LogP contribution in [0.15, 0.2) is 53.0 Å². The molecule has 0 saturated carbocycles. The van der Waals surface area contributed by atoms with E-state index in [4.69, 9.17) is 4.74 Å². The Morgan fingerprint density at radius 3 is 2.58 bits per heavy atom. The fourth-order valence-electron chi connectivity index (χ4n) is 2.37. The maximum Gasteiger partial charge on any atom is 0.119 e. The van der Waals surface area contributed by atoms with E-state index in [2.05, 4.69) is 45.5 Å². The molecule has 3 rings (SSSR count). The van der Waals surface area contributed by atoms with Crippen molar-refractivity contribution in [1.29, 1.82) is 0 Å². The van der Waals surface area contributed by atoms with Crippen molar-refractivity contribution in [2.45, 2.75) is 19.0 Å². The van der Waals surface area contributed by atoms with Gasteiger partial charge in [0.2, 0.25) is 0 Å². The van der Waals surface area contributed by atoms with E-state index in [0.717, 1.165) is 23.2 Å². The lowest BCUT2D eigenvalue weighted by molar-refractivity contribution is 0.256. The van der Waals surface area contributed by atoms with E-state index in [-0.39, 0.29) is 0 Å². The minimum Gasteiger partial charge on any atom is -0.492 e. The second-order valence-electron chi connectivity index (χ2n) is 4.82. The van der Waals surface area contributed by atoms with Gasteiger partial charge in [0.1, 0.15) is 12.4 Å². The summed E-state index contributed by atoms with van der Waals surface area (Å²) in [7, 11) is 0. The van der Waals surface area contributed by atoms with Gasteiger partial charge >= 0.3 is 0 Å². The Kier molecular flexibility index (Phi) is 3.85. The van der Waals surface area contributed by atoms with Crippen molar-refractivity contribution < 1.29 is 4.74 Å². The number of hydrogen-bond acceptors (Lipinski definition) is 2. The molecule has 0 saturated heterocycles. The van der Waals surface area contributed by atoms with Crippen molar-refractivity contribution in [3.63, 3.8) is 0 Å². The Morgan fingerprint density at radius 2 is 1.79 bits per heavy atom. The van der Waals surface area contributed by atoms with Crippen molar-refractivity contribution in [3.8, 4) is 5.75 Å². The molecule has 1 unspecified atom stereocenters. The molecule has 0 amide bonds. The Hall–Kier alpha value is -1.32. The van der Waals surface area contributed by atoms with Crippen LogP contribution in [0.1, 0.15) is 11.1 Å². The SMILES string of the molecule is Brc1ccc(OCC2Cc3ccccc3CN2)cc1. The van der Waals surface area contributed by atoms with Crippen LogP contribution in [-0.2, 0) is 13.0 Å². The van der Waals surface area contributed by atoms with Gasteiger partial charge < -0.3 is 10.1 Å². The molecule has 0 aliphatic carbocycles. The molecule has 1 aliphatic rings. The van der Waals surface area contributed by atoms with Crippen LogP contribution < -0.4 is 10.1 Å². The van der Waals surface area contributed by atoms with Crippen LogP contribution in [0.2, 0.25) is 0 Å². The minimum absolute atomic E-state index is 0.388. The summed E-state index contributed by atoms with van der Waals surface area (Å²) in [5.41, 5.74) is 2.84. The first kappa shape index (κ1) is 12.7. The molecular formula is C16H16BrNO. The van der Waals surface area contributed by atoms with Crippen molar-refractivity contribution in [2.24, 2.45) is 0 Å². The summed E-state index contributed by atoms with van der Waals surface area (Å²) >= 11 is 3.42. The lowest BCUT2D eigenvalue weighted by Gasteiger charge is -2.26. The van der Waals surface area contributed by atoms with Crippen LogP contribution >= 0.6 is 15.9 Å². The highest BCUT2D eigenvalue weighted by Crippen LogP contribution is 2.19. The standard InChI is InChI=1S/C16H16BrNO/c17-14-5-7-16(8-6-14)19-11-15-9-12-3-1-2-4-13(12)10-18-15/h1-8,15,18H,9-11H2. The molecule has 2 aromatic rings. The number of ether oxygens (including phenoxy) is 1. The number of hydrogen-bond donors (Lipinski definition) is 1. The normalized spacial score (nSPS) is 17.8. The van der Waals surface area contributed by atoms with E-state index in [0.29, 0.717) is 12.6 Å². The monoisotopic (exact) mass is 317 g/mol. The van der Waals surface area contributed by atoms with Crippen molar-refractivity contribution in [2.75, 3.05) is 6.61 Å². The first-order valence-electron chi connectivity index (χ1n) is 6.50. The Bertz CT molecular complexity index is 553. The van der Waals surface area contributed by atoms with Crippen molar-refractivity contribution in [3.05, 3.63) is 64.1 Å². The summed E-state index contributed by atoms with van der Waals surface area (Å²) in [6.07, 6.45) is 1.03. The largest absolute Gasteiger partial charge is 0.492 e. The van der Waals surface area contributed by atoms with Crippen LogP contribution in [0.3, 0.4) is 0 Å². The van der Waals surface area contributed by atoms with E-state index in [1.165, 1.54) is 11.1 Å². The van der Waals surface area contributed by atoms with Gasteiger partial charge in [-0.15, -0.1) is 0 Å². The van der Waals surface area contributed by atoms with E-state index in [9.17, 15) is 0 Å². The second kappa shape index (κ2) is 5.76. The lowest BCUT2D eigenvalue weighted by atomic mass is 9.96. The average Bonchev–Trinajstić information content (AvgIpc) is 2.46. The summed E-state index contributed by atoms with van der Waals surface area (Å²) in [4.78, 5) is 0. The highest BCUT2D eigenvalue weighted by molar-refractivity contribution is 9.10. The summed E-state index contributed by atoms with van der Waals surface area (Å²) < 4.78 is 6.91. The van der Waals surface area contributed by atoms with Gasteiger partial charge in [-0.1, -0.05) is 40.2 Å². The van der Waals surface area contributed by atoms with Crippen LogP contribution in [0.5, 0.6) is 5.75 Å². The zero-order valence-electron chi connectivity index (χ0n) is 10.6. The molecule has 0 radical (unpaired) electrons. The number of benzene rings is 2. The summed E-state index contributed by atoms with van der Waals surface area (Å²) in [6, 6.07) is 17.0. The quantitative estimate of drug-likeness (QED) is 0.934. The highest BCUT2D eigenvalue weighted by atomic mass is 79.9. The smallest absolute Gasteiger partial charge is 0.119 e. The molecule has 0 fully saturated rings. The molecule has 98 valence electrons. The van der Waals surface area contributed by atoms with Crippen LogP contribution in [0.25, 0.3) is 0 Å². The third-order valence-corrected chi connectivity index (χ3v) is 3.96. The zero-order valence-corrected chi connectivity index (χ0v) is 12.2.